The average Bonchev–Trinajstić information content (AvgIpc) is 2.70. The van der Waals surface area contributed by atoms with Crippen LogP contribution < -0.4 is 5.69 Å². The number of fused-ring (bicyclic) bond motifs is 1. The van der Waals surface area contributed by atoms with E-state index in [0.717, 1.165) is 0 Å². The average molecular weight is 292 g/mol. The van der Waals surface area contributed by atoms with E-state index in [9.17, 15) is 9.59 Å². The maximum atomic E-state index is 12.1. The van der Waals surface area contributed by atoms with E-state index in [-0.39, 0.29) is 17.8 Å². The molecule has 21 heavy (non-hydrogen) atoms. The van der Waals surface area contributed by atoms with Gasteiger partial charge in [-0.25, -0.2) is 9.48 Å². The highest BCUT2D eigenvalue weighted by Crippen LogP contribution is 2.12. The van der Waals surface area contributed by atoms with E-state index < -0.39 is 5.97 Å². The smallest absolute Gasteiger partial charge is 0.350 e. The molecular formula is C14H20N4O3. The molecule has 0 unspecified atom stereocenters. The van der Waals surface area contributed by atoms with E-state index in [1.807, 2.05) is 31.7 Å². The van der Waals surface area contributed by atoms with Gasteiger partial charge in [-0.15, -0.1) is 5.10 Å². The minimum absolute atomic E-state index is 0.0639. The second-order valence-electron chi connectivity index (χ2n) is 5.92. The lowest BCUT2D eigenvalue weighted by molar-refractivity contribution is -0.139. The molecule has 2 heterocycles. The Morgan fingerprint density at radius 2 is 2.10 bits per heavy atom. The fourth-order valence-corrected chi connectivity index (χ4v) is 2.14. The molecule has 0 atom stereocenters. The highest BCUT2D eigenvalue weighted by molar-refractivity contribution is 5.69. The summed E-state index contributed by atoms with van der Waals surface area (Å²) in [7, 11) is 0. The number of hydrogen-bond acceptors (Lipinski definition) is 4. The molecule has 2 rings (SSSR count). The van der Waals surface area contributed by atoms with Gasteiger partial charge in [-0.2, -0.15) is 0 Å². The number of carbonyl (C=O) groups is 1. The number of aliphatic carboxylic acids is 1. The van der Waals surface area contributed by atoms with Crippen molar-refractivity contribution < 1.29 is 9.90 Å². The molecule has 7 nitrogen and oxygen atoms in total. The van der Waals surface area contributed by atoms with Crippen molar-refractivity contribution in [2.24, 2.45) is 0 Å². The normalized spacial score (nSPS) is 12.2. The monoisotopic (exact) mass is 292 g/mol. The van der Waals surface area contributed by atoms with Crippen molar-refractivity contribution in [3.8, 4) is 0 Å². The summed E-state index contributed by atoms with van der Waals surface area (Å²) in [6.07, 6.45) is 1.67. The second-order valence-corrected chi connectivity index (χ2v) is 5.92. The molecule has 0 aliphatic heterocycles. The third-order valence-corrected chi connectivity index (χ3v) is 3.34. The quantitative estimate of drug-likeness (QED) is 0.876. The van der Waals surface area contributed by atoms with Gasteiger partial charge in [0.15, 0.2) is 5.65 Å². The minimum Gasteiger partial charge on any atom is -0.480 e. The zero-order valence-electron chi connectivity index (χ0n) is 12.5. The van der Waals surface area contributed by atoms with Gasteiger partial charge in [0.05, 0.1) is 13.1 Å². The molecule has 0 radical (unpaired) electrons. The fraction of sp³-hybridized carbons (Fsp3) is 0.500. The van der Waals surface area contributed by atoms with E-state index in [0.29, 0.717) is 18.7 Å². The van der Waals surface area contributed by atoms with Crippen molar-refractivity contribution in [2.45, 2.75) is 32.9 Å². The molecular weight excluding hydrogens is 272 g/mol. The van der Waals surface area contributed by atoms with Crippen LogP contribution in [0.3, 0.4) is 0 Å². The lowest BCUT2D eigenvalue weighted by Crippen LogP contribution is -2.46. The molecule has 0 aromatic carbocycles. The second kappa shape index (κ2) is 5.69. The Balaban J connectivity index is 2.18. The number of nitrogens with zero attached hydrogens (tertiary/aromatic N) is 4. The van der Waals surface area contributed by atoms with Gasteiger partial charge in [-0.1, -0.05) is 6.07 Å². The predicted octanol–water partition coefficient (Wildman–Crippen LogP) is 0.681. The largest absolute Gasteiger partial charge is 0.480 e. The lowest BCUT2D eigenvalue weighted by Gasteiger charge is -2.34. The van der Waals surface area contributed by atoms with Crippen LogP contribution in [0.5, 0.6) is 0 Å². The van der Waals surface area contributed by atoms with E-state index in [2.05, 4.69) is 5.10 Å². The van der Waals surface area contributed by atoms with Crippen molar-refractivity contribution in [1.29, 1.82) is 0 Å². The summed E-state index contributed by atoms with van der Waals surface area (Å²) < 4.78 is 2.84. The molecule has 114 valence electrons. The maximum absolute atomic E-state index is 12.1. The van der Waals surface area contributed by atoms with Gasteiger partial charge in [0.2, 0.25) is 0 Å². The number of aromatic nitrogens is 3. The molecule has 0 saturated carbocycles. The van der Waals surface area contributed by atoms with Crippen LogP contribution in [0.25, 0.3) is 5.65 Å². The van der Waals surface area contributed by atoms with Crippen molar-refractivity contribution in [3.63, 3.8) is 0 Å². The summed E-state index contributed by atoms with van der Waals surface area (Å²) in [5, 5.41) is 13.2. The Bertz CT molecular complexity index is 696. The van der Waals surface area contributed by atoms with E-state index in [1.165, 1.54) is 9.08 Å². The van der Waals surface area contributed by atoms with Crippen LogP contribution >= 0.6 is 0 Å². The van der Waals surface area contributed by atoms with Crippen molar-refractivity contribution in [1.82, 2.24) is 19.1 Å². The number of pyridine rings is 1. The van der Waals surface area contributed by atoms with Crippen LogP contribution in [-0.4, -0.2) is 48.8 Å². The van der Waals surface area contributed by atoms with Crippen molar-refractivity contribution in [2.75, 3.05) is 13.1 Å². The lowest BCUT2D eigenvalue weighted by atomic mass is 10.1. The Morgan fingerprint density at radius 1 is 1.38 bits per heavy atom. The first-order valence-electron chi connectivity index (χ1n) is 6.80. The van der Waals surface area contributed by atoms with Crippen molar-refractivity contribution >= 4 is 11.6 Å². The zero-order chi connectivity index (χ0) is 15.6. The van der Waals surface area contributed by atoms with Crippen molar-refractivity contribution in [3.05, 3.63) is 34.9 Å². The first-order chi connectivity index (χ1) is 9.79. The van der Waals surface area contributed by atoms with Gasteiger partial charge in [0.1, 0.15) is 0 Å². The molecule has 0 aliphatic rings. The molecule has 1 N–H and O–H groups in total. The zero-order valence-corrected chi connectivity index (χ0v) is 12.5. The Kier molecular flexibility index (Phi) is 4.13. The van der Waals surface area contributed by atoms with Crippen LogP contribution in [0.1, 0.15) is 20.8 Å². The van der Waals surface area contributed by atoms with E-state index >= 15 is 0 Å². The van der Waals surface area contributed by atoms with Gasteiger partial charge in [0, 0.05) is 18.3 Å². The molecule has 0 bridgehead atoms. The van der Waals surface area contributed by atoms with Gasteiger partial charge in [-0.05, 0) is 32.9 Å². The number of carboxylic acids is 1. The molecule has 0 spiro atoms. The topological polar surface area (TPSA) is 79.8 Å². The van der Waals surface area contributed by atoms with Crippen LogP contribution in [0.4, 0.5) is 0 Å². The van der Waals surface area contributed by atoms with Gasteiger partial charge in [0.25, 0.3) is 0 Å². The fourth-order valence-electron chi connectivity index (χ4n) is 2.14. The summed E-state index contributed by atoms with van der Waals surface area (Å²) in [5.74, 6) is -0.882. The molecule has 0 saturated heterocycles. The predicted molar refractivity (Wildman–Crippen MR) is 78.4 cm³/mol. The van der Waals surface area contributed by atoms with Crippen LogP contribution in [-0.2, 0) is 11.3 Å². The summed E-state index contributed by atoms with van der Waals surface area (Å²) in [4.78, 5) is 24.9. The number of hydrogen-bond donors (Lipinski definition) is 1. The summed E-state index contributed by atoms with van der Waals surface area (Å²) in [6, 6.07) is 5.35. The van der Waals surface area contributed by atoms with Gasteiger partial charge >= 0.3 is 11.7 Å². The molecule has 0 aliphatic carbocycles. The molecule has 7 heteroatoms. The van der Waals surface area contributed by atoms with Crippen LogP contribution in [0.15, 0.2) is 29.2 Å². The molecule has 0 amide bonds. The highest BCUT2D eigenvalue weighted by Gasteiger charge is 2.23. The van der Waals surface area contributed by atoms with Crippen LogP contribution in [0.2, 0.25) is 0 Å². The van der Waals surface area contributed by atoms with Gasteiger partial charge < -0.3 is 5.11 Å². The maximum Gasteiger partial charge on any atom is 0.350 e. The van der Waals surface area contributed by atoms with E-state index in [1.54, 1.807) is 18.3 Å². The van der Waals surface area contributed by atoms with E-state index in [4.69, 9.17) is 5.11 Å². The molecule has 2 aromatic heterocycles. The first-order valence-corrected chi connectivity index (χ1v) is 6.80. The Morgan fingerprint density at radius 3 is 2.67 bits per heavy atom. The highest BCUT2D eigenvalue weighted by atomic mass is 16.4. The first kappa shape index (κ1) is 15.2. The summed E-state index contributed by atoms with van der Waals surface area (Å²) >= 11 is 0. The minimum atomic E-state index is -0.882. The number of rotatable bonds is 5. The molecule has 0 fully saturated rings. The Hall–Kier alpha value is -2.15. The SMILES string of the molecule is CC(C)(C)N(CCn1nc2ccccn2c1=O)CC(=O)O. The number of carboxylic acid groups (broad SMARTS) is 1. The summed E-state index contributed by atoms with van der Waals surface area (Å²) in [6.45, 7) is 6.57. The van der Waals surface area contributed by atoms with Crippen LogP contribution in [0, 0.1) is 0 Å². The third-order valence-electron chi connectivity index (χ3n) is 3.34. The summed E-state index contributed by atoms with van der Waals surface area (Å²) in [5.41, 5.74) is 0.0825. The standard InChI is InChI=1S/C14H20N4O3/c1-14(2,3)16(10-12(19)20)8-9-18-13(21)17-7-5-4-6-11(17)15-18/h4-7H,8-10H2,1-3H3,(H,19,20). The molecule has 2 aromatic rings. The third kappa shape index (κ3) is 3.49. The Labute approximate surface area is 122 Å². The van der Waals surface area contributed by atoms with Gasteiger partial charge in [-0.3, -0.25) is 14.1 Å².